The van der Waals surface area contributed by atoms with E-state index in [4.69, 9.17) is 5.73 Å². The van der Waals surface area contributed by atoms with Crippen molar-refractivity contribution in [1.29, 1.82) is 0 Å². The van der Waals surface area contributed by atoms with Crippen LogP contribution in [-0.2, 0) is 14.6 Å². The third-order valence-electron chi connectivity index (χ3n) is 2.41. The number of carbonyl (C=O) groups is 1. The standard InChI is InChI=1S/C12H17FN2O3S/c13-10-5-1-2-6-11(10)15-12(16)9-19(17,18)8-4-3-7-14/h1-2,5-6H,3-4,7-9,14H2,(H,15,16). The number of carbonyl (C=O) groups excluding carboxylic acids is 1. The minimum atomic E-state index is -3.48. The first-order valence-corrected chi connectivity index (χ1v) is 7.71. The van der Waals surface area contributed by atoms with Crippen LogP contribution in [-0.4, -0.2) is 32.4 Å². The summed E-state index contributed by atoms with van der Waals surface area (Å²) in [5.41, 5.74) is 5.24. The number of unbranched alkanes of at least 4 members (excludes halogenated alkanes) is 1. The third-order valence-corrected chi connectivity index (χ3v) is 4.02. The van der Waals surface area contributed by atoms with E-state index in [1.807, 2.05) is 0 Å². The van der Waals surface area contributed by atoms with Crippen LogP contribution in [0, 0.1) is 5.82 Å². The summed E-state index contributed by atoms with van der Waals surface area (Å²) in [6, 6.07) is 5.59. The molecule has 0 radical (unpaired) electrons. The number of nitrogens with one attached hydrogen (secondary N) is 1. The van der Waals surface area contributed by atoms with E-state index >= 15 is 0 Å². The number of sulfone groups is 1. The van der Waals surface area contributed by atoms with Gasteiger partial charge >= 0.3 is 0 Å². The van der Waals surface area contributed by atoms with Crippen LogP contribution in [0.1, 0.15) is 12.8 Å². The first-order valence-electron chi connectivity index (χ1n) is 5.89. The molecule has 0 fully saturated rings. The predicted molar refractivity (Wildman–Crippen MR) is 72.0 cm³/mol. The average Bonchev–Trinajstić information content (AvgIpc) is 2.31. The van der Waals surface area contributed by atoms with Crippen molar-refractivity contribution in [2.24, 2.45) is 5.73 Å². The molecule has 1 rings (SSSR count). The van der Waals surface area contributed by atoms with Crippen molar-refractivity contribution in [3.05, 3.63) is 30.1 Å². The molecule has 106 valence electrons. The topological polar surface area (TPSA) is 89.3 Å². The highest BCUT2D eigenvalue weighted by molar-refractivity contribution is 7.92. The minimum absolute atomic E-state index is 0.0235. The second-order valence-corrected chi connectivity index (χ2v) is 6.30. The Hall–Kier alpha value is -1.47. The molecular weight excluding hydrogens is 271 g/mol. The lowest BCUT2D eigenvalue weighted by Crippen LogP contribution is -2.25. The quantitative estimate of drug-likeness (QED) is 0.730. The maximum Gasteiger partial charge on any atom is 0.239 e. The summed E-state index contributed by atoms with van der Waals surface area (Å²) in [7, 11) is -3.48. The minimum Gasteiger partial charge on any atom is -0.330 e. The molecule has 0 saturated heterocycles. The lowest BCUT2D eigenvalue weighted by atomic mass is 10.3. The largest absolute Gasteiger partial charge is 0.330 e. The Balaban J connectivity index is 2.53. The van der Waals surface area contributed by atoms with Gasteiger partial charge in [0, 0.05) is 0 Å². The summed E-state index contributed by atoms with van der Waals surface area (Å²) in [5.74, 6) is -2.07. The molecular formula is C12H17FN2O3S. The van der Waals surface area contributed by atoms with Crippen LogP contribution in [0.4, 0.5) is 10.1 Å². The van der Waals surface area contributed by atoms with Crippen molar-refractivity contribution in [1.82, 2.24) is 0 Å². The van der Waals surface area contributed by atoms with Crippen molar-refractivity contribution < 1.29 is 17.6 Å². The fourth-order valence-corrected chi connectivity index (χ4v) is 2.75. The molecule has 0 aliphatic heterocycles. The molecule has 0 bridgehead atoms. The van der Waals surface area contributed by atoms with Crippen LogP contribution in [0.25, 0.3) is 0 Å². The number of amides is 1. The van der Waals surface area contributed by atoms with E-state index in [0.717, 1.165) is 0 Å². The summed E-state index contributed by atoms with van der Waals surface area (Å²) in [6.07, 6.45) is 1.01. The zero-order chi connectivity index (χ0) is 14.3. The summed E-state index contributed by atoms with van der Waals surface area (Å²) in [6.45, 7) is 0.414. The molecule has 0 heterocycles. The second-order valence-electron chi connectivity index (χ2n) is 4.12. The van der Waals surface area contributed by atoms with E-state index in [2.05, 4.69) is 5.32 Å². The number of halogens is 1. The maximum absolute atomic E-state index is 13.3. The molecule has 5 nitrogen and oxygen atoms in total. The molecule has 0 aromatic heterocycles. The molecule has 1 amide bonds. The molecule has 1 aromatic carbocycles. The number of benzene rings is 1. The van der Waals surface area contributed by atoms with Gasteiger partial charge in [0.25, 0.3) is 0 Å². The van der Waals surface area contributed by atoms with Gasteiger partial charge in [0.15, 0.2) is 9.84 Å². The fourth-order valence-electron chi connectivity index (χ4n) is 1.49. The molecule has 0 aliphatic carbocycles. The van der Waals surface area contributed by atoms with Gasteiger partial charge in [0.1, 0.15) is 11.6 Å². The molecule has 0 spiro atoms. The third kappa shape index (κ3) is 5.80. The van der Waals surface area contributed by atoms with Crippen LogP contribution in [0.15, 0.2) is 24.3 Å². The smallest absolute Gasteiger partial charge is 0.239 e. The van der Waals surface area contributed by atoms with Crippen molar-refractivity contribution in [3.8, 4) is 0 Å². The maximum atomic E-state index is 13.3. The second kappa shape index (κ2) is 7.20. The van der Waals surface area contributed by atoms with Gasteiger partial charge in [-0.1, -0.05) is 12.1 Å². The monoisotopic (exact) mass is 288 g/mol. The SMILES string of the molecule is NCCCCS(=O)(=O)CC(=O)Nc1ccccc1F. The molecule has 0 atom stereocenters. The van der Waals surface area contributed by atoms with E-state index < -0.39 is 27.3 Å². The van der Waals surface area contributed by atoms with Crippen LogP contribution >= 0.6 is 0 Å². The van der Waals surface area contributed by atoms with Crippen molar-refractivity contribution in [3.63, 3.8) is 0 Å². The summed E-state index contributed by atoms with van der Waals surface area (Å²) < 4.78 is 36.4. The van der Waals surface area contributed by atoms with Crippen molar-refractivity contribution >= 4 is 21.4 Å². The van der Waals surface area contributed by atoms with Gasteiger partial charge in [0.2, 0.25) is 5.91 Å². The van der Waals surface area contributed by atoms with Crippen molar-refractivity contribution in [2.75, 3.05) is 23.4 Å². The van der Waals surface area contributed by atoms with Gasteiger partial charge < -0.3 is 11.1 Å². The number of nitrogens with two attached hydrogens (primary N) is 1. The Labute approximate surface area is 111 Å². The number of anilines is 1. The van der Waals surface area contributed by atoms with Gasteiger partial charge in [-0.15, -0.1) is 0 Å². The number of para-hydroxylation sites is 1. The van der Waals surface area contributed by atoms with Crippen molar-refractivity contribution in [2.45, 2.75) is 12.8 Å². The molecule has 7 heteroatoms. The van der Waals surface area contributed by atoms with Gasteiger partial charge in [0.05, 0.1) is 11.4 Å². The Morgan fingerprint density at radius 1 is 1.26 bits per heavy atom. The Morgan fingerprint density at radius 2 is 1.95 bits per heavy atom. The lowest BCUT2D eigenvalue weighted by Gasteiger charge is -2.07. The Morgan fingerprint density at radius 3 is 2.58 bits per heavy atom. The normalized spacial score (nSPS) is 11.3. The summed E-state index contributed by atoms with van der Waals surface area (Å²) in [4.78, 5) is 11.5. The highest BCUT2D eigenvalue weighted by Gasteiger charge is 2.17. The van der Waals surface area contributed by atoms with E-state index in [0.29, 0.717) is 19.4 Å². The van der Waals surface area contributed by atoms with Gasteiger partial charge in [-0.3, -0.25) is 4.79 Å². The Bertz CT molecular complexity index is 532. The number of hydrogen-bond donors (Lipinski definition) is 2. The average molecular weight is 288 g/mol. The summed E-state index contributed by atoms with van der Waals surface area (Å²) >= 11 is 0. The number of rotatable bonds is 7. The van der Waals surface area contributed by atoms with Crippen LogP contribution in [0.5, 0.6) is 0 Å². The first-order chi connectivity index (χ1) is 8.94. The lowest BCUT2D eigenvalue weighted by molar-refractivity contribution is -0.113. The molecule has 0 unspecified atom stereocenters. The van der Waals surface area contributed by atoms with E-state index in [1.54, 1.807) is 6.07 Å². The molecule has 1 aromatic rings. The first kappa shape index (κ1) is 15.6. The van der Waals surface area contributed by atoms with E-state index in [9.17, 15) is 17.6 Å². The van der Waals surface area contributed by atoms with Crippen LogP contribution in [0.2, 0.25) is 0 Å². The zero-order valence-corrected chi connectivity index (χ0v) is 11.2. The van der Waals surface area contributed by atoms with Crippen LogP contribution < -0.4 is 11.1 Å². The van der Waals surface area contributed by atoms with E-state index in [-0.39, 0.29) is 11.4 Å². The molecule has 0 aliphatic rings. The van der Waals surface area contributed by atoms with Gasteiger partial charge in [-0.2, -0.15) is 0 Å². The Kier molecular flexibility index (Phi) is 5.91. The predicted octanol–water partition coefficient (Wildman–Crippen LogP) is 0.918. The van der Waals surface area contributed by atoms with Crippen LogP contribution in [0.3, 0.4) is 0 Å². The zero-order valence-electron chi connectivity index (χ0n) is 10.4. The molecule has 19 heavy (non-hydrogen) atoms. The van der Waals surface area contributed by atoms with Gasteiger partial charge in [-0.25, -0.2) is 12.8 Å². The molecule has 0 saturated carbocycles. The number of hydrogen-bond acceptors (Lipinski definition) is 4. The highest BCUT2D eigenvalue weighted by atomic mass is 32.2. The van der Waals surface area contributed by atoms with E-state index in [1.165, 1.54) is 18.2 Å². The fraction of sp³-hybridized carbons (Fsp3) is 0.417. The summed E-state index contributed by atoms with van der Waals surface area (Å²) in [5, 5.41) is 2.24. The highest BCUT2D eigenvalue weighted by Crippen LogP contribution is 2.12. The molecule has 3 N–H and O–H groups in total. The van der Waals surface area contributed by atoms with Gasteiger partial charge in [-0.05, 0) is 31.5 Å².